The second kappa shape index (κ2) is 9.96. The zero-order valence-electron chi connectivity index (χ0n) is 17.5. The van der Waals surface area contributed by atoms with E-state index in [0.717, 1.165) is 16.7 Å². The highest BCUT2D eigenvalue weighted by atomic mass is 16.7. The maximum Gasteiger partial charge on any atom is 0.384 e. The molecule has 1 N–H and O–H groups in total. The molecule has 33 heavy (non-hydrogen) atoms. The van der Waals surface area contributed by atoms with Crippen LogP contribution in [0.2, 0.25) is 0 Å². The van der Waals surface area contributed by atoms with E-state index in [-0.39, 0.29) is 5.82 Å². The Kier molecular flexibility index (Phi) is 7.09. The molecule has 0 aliphatic carbocycles. The summed E-state index contributed by atoms with van der Waals surface area (Å²) in [5.41, 5.74) is 1.40. The lowest BCUT2D eigenvalue weighted by Crippen LogP contribution is -2.43. The van der Waals surface area contributed by atoms with Crippen molar-refractivity contribution < 1.29 is 43.0 Å². The number of esters is 3. The van der Waals surface area contributed by atoms with Crippen LogP contribution in [0.15, 0.2) is 29.2 Å². The number of terminal acetylenes is 1. The fourth-order valence-electron chi connectivity index (χ4n) is 2.90. The van der Waals surface area contributed by atoms with Gasteiger partial charge in [0.2, 0.25) is 0 Å². The van der Waals surface area contributed by atoms with Gasteiger partial charge in [0.1, 0.15) is 12.7 Å². The first-order chi connectivity index (χ1) is 15.7. The zero-order valence-corrected chi connectivity index (χ0v) is 17.5. The number of carbonyl (C=O) groups is 4. The van der Waals surface area contributed by atoms with Crippen LogP contribution in [0.5, 0.6) is 0 Å². The minimum absolute atomic E-state index is 0.0664. The van der Waals surface area contributed by atoms with Gasteiger partial charge in [-0.3, -0.25) is 4.57 Å². The molecule has 1 fully saturated rings. The lowest BCUT2D eigenvalue weighted by molar-refractivity contribution is -0.164. The number of nitrogens with one attached hydrogen (secondary N) is 1. The highest BCUT2D eigenvalue weighted by Crippen LogP contribution is 2.34. The summed E-state index contributed by atoms with van der Waals surface area (Å²) in [7, 11) is 0. The molecule has 4 atom stereocenters. The van der Waals surface area contributed by atoms with Crippen LogP contribution in [-0.4, -0.2) is 58.3 Å². The number of hydrogen-bond donors (Lipinski definition) is 1. The molecule has 1 aromatic heterocycles. The first-order valence-corrected chi connectivity index (χ1v) is 9.63. The number of carbonyl (C=O) groups excluding carboxylic acids is 4. The first-order valence-electron chi connectivity index (χ1n) is 9.63. The molecule has 13 heteroatoms. The Morgan fingerprint density at radius 2 is 1.88 bits per heavy atom. The van der Waals surface area contributed by atoms with Gasteiger partial charge < -0.3 is 23.8 Å². The van der Waals surface area contributed by atoms with E-state index in [9.17, 15) is 24.0 Å². The van der Waals surface area contributed by atoms with Crippen molar-refractivity contribution in [3.8, 4) is 12.3 Å². The molecule has 174 valence electrons. The lowest BCUT2D eigenvalue weighted by atomic mass is 10.1. The van der Waals surface area contributed by atoms with Crippen LogP contribution in [0.3, 0.4) is 0 Å². The minimum atomic E-state index is -1.29. The van der Waals surface area contributed by atoms with E-state index < -0.39 is 66.6 Å². The Labute approximate surface area is 186 Å². The van der Waals surface area contributed by atoms with Gasteiger partial charge >= 0.3 is 29.6 Å². The smallest absolute Gasteiger partial charge is 0.384 e. The van der Waals surface area contributed by atoms with Gasteiger partial charge in [-0.25, -0.2) is 29.5 Å². The van der Waals surface area contributed by atoms with E-state index in [1.807, 2.05) is 0 Å². The van der Waals surface area contributed by atoms with Crippen LogP contribution in [0.4, 0.5) is 5.82 Å². The van der Waals surface area contributed by atoms with E-state index in [1.165, 1.54) is 12.3 Å². The average Bonchev–Trinajstić information content (AvgIpc) is 3.09. The molecule has 1 saturated heterocycles. The van der Waals surface area contributed by atoms with E-state index in [2.05, 4.69) is 10.5 Å². The molecule has 0 saturated carbocycles. The summed E-state index contributed by atoms with van der Waals surface area (Å²) in [4.78, 5) is 68.0. The van der Waals surface area contributed by atoms with Gasteiger partial charge in [-0.2, -0.15) is 4.98 Å². The third-order valence-corrected chi connectivity index (χ3v) is 4.47. The minimum Gasteiger partial charge on any atom is -0.453 e. The predicted octanol–water partition coefficient (Wildman–Crippen LogP) is -0.763. The van der Waals surface area contributed by atoms with Gasteiger partial charge in [0.25, 0.3) is 0 Å². The summed E-state index contributed by atoms with van der Waals surface area (Å²) in [6.45, 7) is 2.81. The molecule has 13 nitrogen and oxygen atoms in total. The summed E-state index contributed by atoms with van der Waals surface area (Å²) < 4.78 is 22.1. The van der Waals surface area contributed by atoms with Crippen molar-refractivity contribution in [1.82, 2.24) is 9.55 Å². The molecule has 0 bridgehead atoms. The normalized spacial score (nSPS) is 24.9. The number of fused-ring (bicyclic) bond motifs is 1. The number of nitrogens with zero attached hydrogens (tertiary/aromatic N) is 2. The van der Waals surface area contributed by atoms with Crippen molar-refractivity contribution in [2.45, 2.75) is 38.4 Å². The maximum absolute atomic E-state index is 12.6. The summed E-state index contributed by atoms with van der Waals surface area (Å²) >= 11 is 0. The Bertz CT molecular complexity index is 1090. The molecule has 1 aromatic rings. The molecular formula is C20H19N3O10. The standard InChI is InChI=1S/C20H19N3O10/c1-4-13(24)29-9-11-16-17(32-15(26)6-5-14(25)31-16)18(30-11)23-8-7-12(21-20(23)28)22-33-19(27)10(2)3/h1,5-8,10-11,16-18H,9H2,2-3H3,(H,21,22,28)/b6-5-/t11-,16?,17-,18-/m1/s1. The van der Waals surface area contributed by atoms with Crippen LogP contribution in [0.1, 0.15) is 20.1 Å². The largest absolute Gasteiger partial charge is 0.453 e. The van der Waals surface area contributed by atoms with Crippen molar-refractivity contribution >= 4 is 29.7 Å². The molecule has 3 rings (SSSR count). The maximum atomic E-state index is 12.6. The van der Waals surface area contributed by atoms with Gasteiger partial charge in [0.05, 0.1) is 5.92 Å². The topological polar surface area (TPSA) is 161 Å². The van der Waals surface area contributed by atoms with Crippen LogP contribution in [-0.2, 0) is 43.0 Å². The van der Waals surface area contributed by atoms with Gasteiger partial charge in [-0.1, -0.05) is 13.8 Å². The van der Waals surface area contributed by atoms with Crippen LogP contribution < -0.4 is 11.2 Å². The van der Waals surface area contributed by atoms with E-state index >= 15 is 0 Å². The molecule has 2 aliphatic rings. The highest BCUT2D eigenvalue weighted by molar-refractivity contribution is 5.92. The zero-order chi connectivity index (χ0) is 24.1. The fourth-order valence-corrected chi connectivity index (χ4v) is 2.90. The van der Waals surface area contributed by atoms with Crippen molar-refractivity contribution in [3.63, 3.8) is 0 Å². The van der Waals surface area contributed by atoms with Crippen LogP contribution in [0, 0.1) is 18.3 Å². The number of aromatic nitrogens is 2. The van der Waals surface area contributed by atoms with Crippen LogP contribution in [0.25, 0.3) is 0 Å². The second-order valence-electron chi connectivity index (χ2n) is 7.12. The van der Waals surface area contributed by atoms with Crippen molar-refractivity contribution in [1.29, 1.82) is 0 Å². The second-order valence-corrected chi connectivity index (χ2v) is 7.12. The highest BCUT2D eigenvalue weighted by Gasteiger charge is 2.51. The number of rotatable bonds is 6. The molecule has 2 aliphatic heterocycles. The number of hydrogen-bond acceptors (Lipinski definition) is 12. The number of anilines is 1. The average molecular weight is 461 g/mol. The summed E-state index contributed by atoms with van der Waals surface area (Å²) in [5, 5.41) is 0. The molecule has 1 unspecified atom stereocenters. The Morgan fingerprint density at radius 1 is 1.21 bits per heavy atom. The third-order valence-electron chi connectivity index (χ3n) is 4.47. The quantitative estimate of drug-likeness (QED) is 0.186. The number of ether oxygens (including phenoxy) is 4. The predicted molar refractivity (Wildman–Crippen MR) is 106 cm³/mol. The Balaban J connectivity index is 1.86. The molecule has 0 spiro atoms. The lowest BCUT2D eigenvalue weighted by Gasteiger charge is -2.25. The van der Waals surface area contributed by atoms with Crippen molar-refractivity contribution in [2.75, 3.05) is 12.1 Å². The van der Waals surface area contributed by atoms with Gasteiger partial charge in [0.15, 0.2) is 24.3 Å². The van der Waals surface area contributed by atoms with E-state index in [1.54, 1.807) is 19.8 Å². The Morgan fingerprint density at radius 3 is 2.48 bits per heavy atom. The molecule has 0 aromatic carbocycles. The summed E-state index contributed by atoms with van der Waals surface area (Å²) in [5.74, 6) is -2.02. The molecule has 0 amide bonds. The fraction of sp³-hybridized carbons (Fsp3) is 0.400. The van der Waals surface area contributed by atoms with E-state index in [4.69, 9.17) is 30.2 Å². The molecular weight excluding hydrogens is 442 g/mol. The summed E-state index contributed by atoms with van der Waals surface area (Å²) in [6.07, 6.45) is 3.02. The van der Waals surface area contributed by atoms with Gasteiger partial charge in [-0.05, 0) is 0 Å². The Hall–Kier alpha value is -4.18. The third kappa shape index (κ3) is 5.55. The molecule has 0 radical (unpaired) electrons. The van der Waals surface area contributed by atoms with E-state index in [0.29, 0.717) is 0 Å². The molecule has 3 heterocycles. The van der Waals surface area contributed by atoms with Gasteiger partial charge in [-0.15, -0.1) is 6.42 Å². The summed E-state index contributed by atoms with van der Waals surface area (Å²) in [6, 6.07) is 1.30. The SMILES string of the molecule is C#CC(=O)OC[C@H]1O[C@@H](n2ccc(NOC(=O)C(C)C)nc2=O)[C@@H]2OC(=O)/C=C\C(=O)OC21. The monoisotopic (exact) mass is 461 g/mol. The van der Waals surface area contributed by atoms with Gasteiger partial charge in [0, 0.05) is 30.3 Å². The van der Waals surface area contributed by atoms with Crippen LogP contribution >= 0.6 is 0 Å². The first kappa shape index (κ1) is 23.5. The van der Waals surface area contributed by atoms with Crippen molar-refractivity contribution in [2.24, 2.45) is 5.92 Å². The van der Waals surface area contributed by atoms with Crippen molar-refractivity contribution in [3.05, 3.63) is 34.9 Å².